The average Bonchev–Trinajstić information content (AvgIpc) is 3.16. The molecule has 1 aromatic heterocycles. The average molecular weight is 353 g/mol. The summed E-state index contributed by atoms with van der Waals surface area (Å²) in [4.78, 5) is 11.5. The molecule has 0 aliphatic heterocycles. The molecule has 3 nitrogen and oxygen atoms in total. The van der Waals surface area contributed by atoms with Crippen LogP contribution in [0.15, 0.2) is 85.1 Å². The Labute approximate surface area is 158 Å². The third-order valence-corrected chi connectivity index (χ3v) is 4.58. The lowest BCUT2D eigenvalue weighted by Crippen LogP contribution is -2.00. The van der Waals surface area contributed by atoms with Crippen molar-refractivity contribution in [1.82, 2.24) is 4.57 Å². The Morgan fingerprint density at radius 3 is 2.41 bits per heavy atom. The largest absolute Gasteiger partial charge is 0.465 e. The Morgan fingerprint density at radius 1 is 0.852 bits per heavy atom. The number of methoxy groups -OCH3 is 1. The van der Waals surface area contributed by atoms with E-state index in [1.165, 1.54) is 18.0 Å². The molecule has 0 aliphatic rings. The number of hydrogen-bond acceptors (Lipinski definition) is 2. The van der Waals surface area contributed by atoms with E-state index in [1.807, 2.05) is 30.3 Å². The predicted molar refractivity (Wildman–Crippen MR) is 110 cm³/mol. The molecule has 0 saturated carbocycles. The minimum Gasteiger partial charge on any atom is -0.465 e. The number of hydrogen-bond donors (Lipinski definition) is 0. The lowest BCUT2D eigenvalue weighted by Gasteiger charge is -2.09. The molecule has 0 aliphatic carbocycles. The van der Waals surface area contributed by atoms with Crippen molar-refractivity contribution >= 4 is 29.0 Å². The van der Waals surface area contributed by atoms with Gasteiger partial charge >= 0.3 is 5.97 Å². The standard InChI is InChI=1S/C24H19NO2/c1-27-24(26)21-14-11-18(12-15-21)10-13-19-6-2-4-8-22(19)25-17-16-20-7-3-5-9-23(20)25/h2-17H,1H3/b13-10+. The van der Waals surface area contributed by atoms with E-state index >= 15 is 0 Å². The van der Waals surface area contributed by atoms with Crippen LogP contribution >= 0.6 is 0 Å². The topological polar surface area (TPSA) is 31.2 Å². The minimum absolute atomic E-state index is 0.324. The lowest BCUT2D eigenvalue weighted by atomic mass is 10.1. The third-order valence-electron chi connectivity index (χ3n) is 4.58. The van der Waals surface area contributed by atoms with Gasteiger partial charge in [-0.05, 0) is 46.8 Å². The Bertz CT molecular complexity index is 1120. The molecule has 132 valence electrons. The van der Waals surface area contributed by atoms with Crippen molar-refractivity contribution in [1.29, 1.82) is 0 Å². The molecule has 0 spiro atoms. The summed E-state index contributed by atoms with van der Waals surface area (Å²) in [6, 6.07) is 26.2. The number of esters is 1. The molecule has 0 radical (unpaired) electrons. The molecule has 0 amide bonds. The Morgan fingerprint density at radius 2 is 1.59 bits per heavy atom. The van der Waals surface area contributed by atoms with Gasteiger partial charge in [0.05, 0.1) is 23.9 Å². The van der Waals surface area contributed by atoms with E-state index in [2.05, 4.69) is 59.3 Å². The fourth-order valence-corrected chi connectivity index (χ4v) is 3.18. The van der Waals surface area contributed by atoms with Crippen LogP contribution in [0.25, 0.3) is 28.7 Å². The maximum absolute atomic E-state index is 11.5. The molecule has 0 fully saturated rings. The first-order valence-corrected chi connectivity index (χ1v) is 8.78. The Kier molecular flexibility index (Phi) is 4.58. The zero-order valence-electron chi connectivity index (χ0n) is 15.0. The highest BCUT2D eigenvalue weighted by atomic mass is 16.5. The summed E-state index contributed by atoms with van der Waals surface area (Å²) in [5, 5.41) is 1.22. The maximum Gasteiger partial charge on any atom is 0.337 e. The van der Waals surface area contributed by atoms with Crippen LogP contribution < -0.4 is 0 Å². The Balaban J connectivity index is 1.67. The van der Waals surface area contributed by atoms with Crippen LogP contribution in [-0.2, 0) is 4.74 Å². The van der Waals surface area contributed by atoms with Gasteiger partial charge in [0.2, 0.25) is 0 Å². The number of nitrogens with zero attached hydrogens (tertiary/aromatic N) is 1. The number of fused-ring (bicyclic) bond motifs is 1. The van der Waals surface area contributed by atoms with Crippen LogP contribution in [0, 0.1) is 0 Å². The van der Waals surface area contributed by atoms with E-state index in [9.17, 15) is 4.79 Å². The summed E-state index contributed by atoms with van der Waals surface area (Å²) < 4.78 is 6.94. The van der Waals surface area contributed by atoms with E-state index in [-0.39, 0.29) is 5.97 Å². The minimum atomic E-state index is -0.324. The lowest BCUT2D eigenvalue weighted by molar-refractivity contribution is 0.0600. The predicted octanol–water partition coefficient (Wildman–Crippen LogP) is 5.59. The van der Waals surface area contributed by atoms with E-state index in [1.54, 1.807) is 12.1 Å². The van der Waals surface area contributed by atoms with Crippen molar-refractivity contribution in [2.45, 2.75) is 0 Å². The van der Waals surface area contributed by atoms with Crippen LogP contribution in [0.3, 0.4) is 0 Å². The number of benzene rings is 3. The zero-order valence-corrected chi connectivity index (χ0v) is 15.0. The second kappa shape index (κ2) is 7.34. The molecule has 4 aromatic rings. The third kappa shape index (κ3) is 3.40. The first-order valence-electron chi connectivity index (χ1n) is 8.78. The summed E-state index contributed by atoms with van der Waals surface area (Å²) in [5.41, 5.74) is 5.00. The maximum atomic E-state index is 11.5. The number of aromatic nitrogens is 1. The molecule has 4 rings (SSSR count). The first kappa shape index (κ1) is 16.9. The van der Waals surface area contributed by atoms with Gasteiger partial charge in [-0.15, -0.1) is 0 Å². The molecule has 0 bridgehead atoms. The van der Waals surface area contributed by atoms with Crippen molar-refractivity contribution < 1.29 is 9.53 Å². The summed E-state index contributed by atoms with van der Waals surface area (Å²) >= 11 is 0. The van der Waals surface area contributed by atoms with Gasteiger partial charge in [-0.3, -0.25) is 0 Å². The highest BCUT2D eigenvalue weighted by Crippen LogP contribution is 2.24. The molecule has 1 heterocycles. The molecule has 0 unspecified atom stereocenters. The second-order valence-electron chi connectivity index (χ2n) is 6.25. The van der Waals surface area contributed by atoms with Crippen LogP contribution in [0.5, 0.6) is 0 Å². The Hall–Kier alpha value is -3.59. The normalized spacial score (nSPS) is 11.1. The fraction of sp³-hybridized carbons (Fsp3) is 0.0417. The van der Waals surface area contributed by atoms with Gasteiger partial charge in [-0.25, -0.2) is 4.79 Å². The van der Waals surface area contributed by atoms with E-state index in [0.29, 0.717) is 5.56 Å². The number of para-hydroxylation sites is 2. The van der Waals surface area contributed by atoms with Gasteiger partial charge < -0.3 is 9.30 Å². The van der Waals surface area contributed by atoms with Crippen LogP contribution in [0.2, 0.25) is 0 Å². The van der Waals surface area contributed by atoms with E-state index in [4.69, 9.17) is 4.74 Å². The molecule has 0 saturated heterocycles. The summed E-state index contributed by atoms with van der Waals surface area (Å²) in [6.07, 6.45) is 6.24. The SMILES string of the molecule is COC(=O)c1ccc(/C=C/c2ccccc2-n2ccc3ccccc32)cc1. The first-order chi connectivity index (χ1) is 13.3. The van der Waals surface area contributed by atoms with Crippen LogP contribution in [0.4, 0.5) is 0 Å². The summed E-state index contributed by atoms with van der Waals surface area (Å²) in [7, 11) is 1.39. The smallest absolute Gasteiger partial charge is 0.337 e. The monoisotopic (exact) mass is 353 g/mol. The van der Waals surface area contributed by atoms with Crippen molar-refractivity contribution in [2.24, 2.45) is 0 Å². The molecular formula is C24H19NO2. The molecule has 0 atom stereocenters. The molecule has 27 heavy (non-hydrogen) atoms. The molecular weight excluding hydrogens is 334 g/mol. The van der Waals surface area contributed by atoms with Gasteiger partial charge in [0, 0.05) is 6.20 Å². The number of rotatable bonds is 4. The highest BCUT2D eigenvalue weighted by molar-refractivity contribution is 5.89. The summed E-state index contributed by atoms with van der Waals surface area (Å²) in [5.74, 6) is -0.324. The van der Waals surface area contributed by atoms with Gasteiger partial charge in [0.1, 0.15) is 0 Å². The fourth-order valence-electron chi connectivity index (χ4n) is 3.18. The van der Waals surface area contributed by atoms with Crippen molar-refractivity contribution in [2.75, 3.05) is 7.11 Å². The quantitative estimate of drug-likeness (QED) is 0.354. The van der Waals surface area contributed by atoms with E-state index in [0.717, 1.165) is 16.8 Å². The number of carbonyl (C=O) groups excluding carboxylic acids is 1. The molecule has 3 aromatic carbocycles. The van der Waals surface area contributed by atoms with Gasteiger partial charge in [-0.2, -0.15) is 0 Å². The summed E-state index contributed by atoms with van der Waals surface area (Å²) in [6.45, 7) is 0. The highest BCUT2D eigenvalue weighted by Gasteiger charge is 2.06. The van der Waals surface area contributed by atoms with Crippen LogP contribution in [0.1, 0.15) is 21.5 Å². The molecule has 0 N–H and O–H groups in total. The van der Waals surface area contributed by atoms with Gasteiger partial charge in [0.25, 0.3) is 0 Å². The number of carbonyl (C=O) groups is 1. The van der Waals surface area contributed by atoms with Gasteiger partial charge in [0.15, 0.2) is 0 Å². The second-order valence-corrected chi connectivity index (χ2v) is 6.25. The molecule has 3 heteroatoms. The van der Waals surface area contributed by atoms with Crippen molar-refractivity contribution in [3.05, 3.63) is 102 Å². The van der Waals surface area contributed by atoms with E-state index < -0.39 is 0 Å². The number of ether oxygens (including phenoxy) is 1. The van der Waals surface area contributed by atoms with Crippen molar-refractivity contribution in [3.63, 3.8) is 0 Å². The van der Waals surface area contributed by atoms with Crippen molar-refractivity contribution in [3.8, 4) is 5.69 Å². The van der Waals surface area contributed by atoms with Crippen LogP contribution in [-0.4, -0.2) is 17.6 Å². The zero-order chi connectivity index (χ0) is 18.6. The van der Waals surface area contributed by atoms with Gasteiger partial charge in [-0.1, -0.05) is 60.7 Å².